The van der Waals surface area contributed by atoms with E-state index in [9.17, 15) is 0 Å². The molecule has 5 nitrogen and oxygen atoms in total. The molecule has 0 amide bonds. The van der Waals surface area contributed by atoms with Crippen LogP contribution in [0, 0.1) is 6.92 Å². The lowest BCUT2D eigenvalue weighted by molar-refractivity contribution is 0.766. The highest BCUT2D eigenvalue weighted by Gasteiger charge is 2.16. The molecule has 0 saturated carbocycles. The molecule has 0 bridgehead atoms. The zero-order valence-corrected chi connectivity index (χ0v) is 16.0. The van der Waals surface area contributed by atoms with Gasteiger partial charge in [0.25, 0.3) is 0 Å². The molecule has 25 heavy (non-hydrogen) atoms. The molecule has 0 aliphatic rings. The fourth-order valence-electron chi connectivity index (χ4n) is 2.59. The lowest BCUT2D eigenvalue weighted by Gasteiger charge is -2.14. The van der Waals surface area contributed by atoms with Crippen molar-refractivity contribution < 1.29 is 0 Å². The van der Waals surface area contributed by atoms with Gasteiger partial charge in [-0.05, 0) is 30.9 Å². The number of nitrogens with zero attached hydrogens (tertiary/aromatic N) is 4. The molecule has 130 valence electrons. The summed E-state index contributed by atoms with van der Waals surface area (Å²) in [5.74, 6) is 0.497. The maximum Gasteiger partial charge on any atom is 0.235 e. The summed E-state index contributed by atoms with van der Waals surface area (Å²) in [6.07, 6.45) is 5.54. The van der Waals surface area contributed by atoms with Crippen LogP contribution in [0.2, 0.25) is 5.15 Å². The SMILES string of the molecule is CCCc1c(Cl)nc(NSc2cnn(C)c2)nc1-c1ccccc1C. The van der Waals surface area contributed by atoms with Crippen molar-refractivity contribution in [1.82, 2.24) is 19.7 Å². The van der Waals surface area contributed by atoms with Crippen LogP contribution < -0.4 is 4.72 Å². The second-order valence-corrected chi connectivity index (χ2v) is 7.02. The Morgan fingerprint density at radius 2 is 2.04 bits per heavy atom. The van der Waals surface area contributed by atoms with Crippen LogP contribution in [0.3, 0.4) is 0 Å². The summed E-state index contributed by atoms with van der Waals surface area (Å²) in [5, 5.41) is 4.65. The lowest BCUT2D eigenvalue weighted by atomic mass is 10.00. The van der Waals surface area contributed by atoms with Gasteiger partial charge in [-0.2, -0.15) is 5.10 Å². The minimum atomic E-state index is 0.497. The number of rotatable bonds is 6. The number of aryl methyl sites for hydroxylation is 2. The largest absolute Gasteiger partial charge is 0.294 e. The molecule has 7 heteroatoms. The molecule has 2 aromatic heterocycles. The Bertz CT molecular complexity index is 878. The molecule has 2 heterocycles. The average molecular weight is 374 g/mol. The van der Waals surface area contributed by atoms with Gasteiger partial charge >= 0.3 is 0 Å². The van der Waals surface area contributed by atoms with E-state index in [4.69, 9.17) is 16.6 Å². The molecule has 3 aromatic rings. The van der Waals surface area contributed by atoms with Crippen LogP contribution in [0.1, 0.15) is 24.5 Å². The normalized spacial score (nSPS) is 10.9. The van der Waals surface area contributed by atoms with E-state index in [-0.39, 0.29) is 0 Å². The Morgan fingerprint density at radius 3 is 2.72 bits per heavy atom. The van der Waals surface area contributed by atoms with Crippen molar-refractivity contribution in [3.05, 3.63) is 52.9 Å². The molecule has 1 N–H and O–H groups in total. The van der Waals surface area contributed by atoms with Crippen LogP contribution in [0.15, 0.2) is 41.6 Å². The minimum Gasteiger partial charge on any atom is -0.294 e. The highest BCUT2D eigenvalue weighted by Crippen LogP contribution is 2.31. The summed E-state index contributed by atoms with van der Waals surface area (Å²) in [6, 6.07) is 8.20. The van der Waals surface area contributed by atoms with E-state index in [1.54, 1.807) is 10.9 Å². The molecular weight excluding hydrogens is 354 g/mol. The second kappa shape index (κ2) is 7.89. The van der Waals surface area contributed by atoms with E-state index >= 15 is 0 Å². The van der Waals surface area contributed by atoms with Crippen molar-refractivity contribution in [2.24, 2.45) is 7.05 Å². The zero-order chi connectivity index (χ0) is 17.8. The van der Waals surface area contributed by atoms with Gasteiger partial charge in [0.05, 0.1) is 16.8 Å². The molecule has 0 aliphatic heterocycles. The van der Waals surface area contributed by atoms with Crippen LogP contribution in [-0.2, 0) is 13.5 Å². The number of hydrogen-bond donors (Lipinski definition) is 1. The van der Waals surface area contributed by atoms with Crippen LogP contribution >= 0.6 is 23.5 Å². The highest BCUT2D eigenvalue weighted by atomic mass is 35.5. The van der Waals surface area contributed by atoms with Crippen LogP contribution in [0.25, 0.3) is 11.3 Å². The van der Waals surface area contributed by atoms with Gasteiger partial charge in [0.15, 0.2) is 0 Å². The predicted octanol–water partition coefficient (Wildman–Crippen LogP) is 4.91. The third kappa shape index (κ3) is 4.14. The van der Waals surface area contributed by atoms with Crippen molar-refractivity contribution in [3.63, 3.8) is 0 Å². The molecule has 0 radical (unpaired) electrons. The van der Waals surface area contributed by atoms with Gasteiger partial charge in [0, 0.05) is 24.4 Å². The van der Waals surface area contributed by atoms with Crippen LogP contribution in [0.5, 0.6) is 0 Å². The Hall–Kier alpha value is -2.05. The van der Waals surface area contributed by atoms with Gasteiger partial charge < -0.3 is 0 Å². The lowest BCUT2D eigenvalue weighted by Crippen LogP contribution is -2.03. The minimum absolute atomic E-state index is 0.497. The molecule has 0 aliphatic carbocycles. The summed E-state index contributed by atoms with van der Waals surface area (Å²) in [5.41, 5.74) is 4.15. The Balaban J connectivity index is 1.96. The summed E-state index contributed by atoms with van der Waals surface area (Å²) in [6.45, 7) is 4.21. The standard InChI is InChI=1S/C18H20ClN5S/c1-4-7-15-16(14-9-6-5-8-12(14)2)21-18(22-17(15)19)23-25-13-10-20-24(3)11-13/h5-6,8-11H,4,7H2,1-3H3,(H,21,22,23). The monoisotopic (exact) mass is 373 g/mol. The quantitative estimate of drug-likeness (QED) is 0.491. The molecule has 1 aromatic carbocycles. The number of aromatic nitrogens is 4. The first kappa shape index (κ1) is 17.8. The smallest absolute Gasteiger partial charge is 0.235 e. The number of halogens is 1. The Kier molecular flexibility index (Phi) is 5.60. The third-order valence-electron chi connectivity index (χ3n) is 3.80. The summed E-state index contributed by atoms with van der Waals surface area (Å²) < 4.78 is 4.92. The number of anilines is 1. The fraction of sp³-hybridized carbons (Fsp3) is 0.278. The topological polar surface area (TPSA) is 55.6 Å². The Labute approximate surface area is 157 Å². The molecular formula is C18H20ClN5S. The van der Waals surface area contributed by atoms with Gasteiger partial charge in [-0.3, -0.25) is 9.40 Å². The number of nitrogens with one attached hydrogen (secondary N) is 1. The highest BCUT2D eigenvalue weighted by molar-refractivity contribution is 8.00. The van der Waals surface area contributed by atoms with Crippen molar-refractivity contribution in [2.75, 3.05) is 4.72 Å². The first-order valence-electron chi connectivity index (χ1n) is 8.12. The number of benzene rings is 1. The first-order chi connectivity index (χ1) is 12.1. The average Bonchev–Trinajstić information content (AvgIpc) is 3.01. The predicted molar refractivity (Wildman–Crippen MR) is 104 cm³/mol. The maximum atomic E-state index is 6.48. The maximum absolute atomic E-state index is 6.48. The Morgan fingerprint density at radius 1 is 1.24 bits per heavy atom. The van der Waals surface area contributed by atoms with E-state index in [2.05, 4.69) is 40.8 Å². The molecule has 0 unspecified atom stereocenters. The van der Waals surface area contributed by atoms with E-state index < -0.39 is 0 Å². The van der Waals surface area contributed by atoms with Crippen molar-refractivity contribution >= 4 is 29.5 Å². The van der Waals surface area contributed by atoms with Crippen LogP contribution in [0.4, 0.5) is 5.95 Å². The van der Waals surface area contributed by atoms with Gasteiger partial charge in [-0.1, -0.05) is 49.2 Å². The van der Waals surface area contributed by atoms with Crippen molar-refractivity contribution in [1.29, 1.82) is 0 Å². The van der Waals surface area contributed by atoms with Gasteiger partial charge in [0.2, 0.25) is 5.95 Å². The molecule has 0 spiro atoms. The van der Waals surface area contributed by atoms with E-state index in [1.165, 1.54) is 17.5 Å². The third-order valence-corrected chi connectivity index (χ3v) is 4.84. The van der Waals surface area contributed by atoms with E-state index in [1.807, 2.05) is 25.4 Å². The van der Waals surface area contributed by atoms with Crippen molar-refractivity contribution in [3.8, 4) is 11.3 Å². The van der Waals surface area contributed by atoms with Gasteiger partial charge in [-0.15, -0.1) is 0 Å². The zero-order valence-electron chi connectivity index (χ0n) is 14.5. The van der Waals surface area contributed by atoms with Gasteiger partial charge in [-0.25, -0.2) is 9.97 Å². The van der Waals surface area contributed by atoms with Gasteiger partial charge in [0.1, 0.15) is 5.15 Å². The molecule has 0 atom stereocenters. The number of hydrogen-bond acceptors (Lipinski definition) is 5. The molecule has 0 saturated heterocycles. The van der Waals surface area contributed by atoms with E-state index in [0.29, 0.717) is 11.1 Å². The summed E-state index contributed by atoms with van der Waals surface area (Å²) >= 11 is 7.90. The first-order valence-corrected chi connectivity index (χ1v) is 9.32. The summed E-state index contributed by atoms with van der Waals surface area (Å²) in [7, 11) is 1.88. The molecule has 3 rings (SSSR count). The molecule has 0 fully saturated rings. The second-order valence-electron chi connectivity index (χ2n) is 5.78. The van der Waals surface area contributed by atoms with Crippen LogP contribution in [-0.4, -0.2) is 19.7 Å². The van der Waals surface area contributed by atoms with Crippen molar-refractivity contribution in [2.45, 2.75) is 31.6 Å². The van der Waals surface area contributed by atoms with E-state index in [0.717, 1.165) is 34.6 Å². The fourth-order valence-corrected chi connectivity index (χ4v) is 3.46. The summed E-state index contributed by atoms with van der Waals surface area (Å²) in [4.78, 5) is 10.2.